The molecule has 4 heteroatoms. The van der Waals surface area contributed by atoms with Crippen LogP contribution in [-0.2, 0) is 4.74 Å². The third kappa shape index (κ3) is 3.81. The van der Waals surface area contributed by atoms with Crippen LogP contribution in [0, 0.1) is 0 Å². The Hall–Kier alpha value is -1.39. The molecule has 0 aromatic heterocycles. The maximum Gasteiger partial charge on any atom is 0.251 e. The minimum absolute atomic E-state index is 0.0957. The summed E-state index contributed by atoms with van der Waals surface area (Å²) in [7, 11) is 0. The van der Waals surface area contributed by atoms with E-state index in [1.165, 1.54) is 24.8 Å². The monoisotopic (exact) mass is 328 g/mol. The number of hydrogen-bond acceptors (Lipinski definition) is 3. The van der Waals surface area contributed by atoms with Crippen LogP contribution in [0.5, 0.6) is 0 Å². The van der Waals surface area contributed by atoms with Crippen molar-refractivity contribution in [2.24, 2.45) is 0 Å². The summed E-state index contributed by atoms with van der Waals surface area (Å²) in [6.07, 6.45) is 8.17. The van der Waals surface area contributed by atoms with Crippen molar-refractivity contribution in [3.63, 3.8) is 0 Å². The van der Waals surface area contributed by atoms with Gasteiger partial charge in [-0.25, -0.2) is 0 Å². The summed E-state index contributed by atoms with van der Waals surface area (Å²) in [5.74, 6) is 0.658. The molecular weight excluding hydrogens is 300 g/mol. The van der Waals surface area contributed by atoms with Crippen molar-refractivity contribution in [2.45, 2.75) is 69.0 Å². The van der Waals surface area contributed by atoms with E-state index in [2.05, 4.69) is 22.8 Å². The van der Waals surface area contributed by atoms with Crippen molar-refractivity contribution >= 4 is 5.91 Å². The number of amides is 1. The number of nitrogens with one attached hydrogen (secondary N) is 2. The predicted octanol–water partition coefficient (Wildman–Crippen LogP) is 2.98. The molecule has 2 aliphatic carbocycles. The minimum Gasteiger partial charge on any atom is -0.381 e. The molecule has 1 aromatic carbocycles. The Balaban J connectivity index is 1.34. The molecule has 130 valence electrons. The summed E-state index contributed by atoms with van der Waals surface area (Å²) in [5, 5.41) is 6.96. The molecule has 24 heavy (non-hydrogen) atoms. The van der Waals surface area contributed by atoms with E-state index in [1.54, 1.807) is 0 Å². The van der Waals surface area contributed by atoms with E-state index >= 15 is 0 Å². The van der Waals surface area contributed by atoms with Crippen LogP contribution in [-0.4, -0.2) is 37.2 Å². The molecule has 0 spiro atoms. The smallest absolute Gasteiger partial charge is 0.251 e. The highest BCUT2D eigenvalue weighted by Crippen LogP contribution is 2.41. The molecule has 0 radical (unpaired) electrons. The summed E-state index contributed by atoms with van der Waals surface area (Å²) in [4.78, 5) is 12.5. The van der Waals surface area contributed by atoms with Crippen LogP contribution in [0.2, 0.25) is 0 Å². The summed E-state index contributed by atoms with van der Waals surface area (Å²) in [5.41, 5.74) is 2.12. The Morgan fingerprint density at radius 3 is 2.62 bits per heavy atom. The second-order valence-electron chi connectivity index (χ2n) is 7.58. The number of hydrogen-bond donors (Lipinski definition) is 2. The third-order valence-corrected chi connectivity index (χ3v) is 5.73. The van der Waals surface area contributed by atoms with Crippen LogP contribution in [0.3, 0.4) is 0 Å². The van der Waals surface area contributed by atoms with Gasteiger partial charge in [0.2, 0.25) is 0 Å². The average molecular weight is 328 g/mol. The van der Waals surface area contributed by atoms with Gasteiger partial charge in [0.05, 0.1) is 0 Å². The zero-order valence-electron chi connectivity index (χ0n) is 14.3. The van der Waals surface area contributed by atoms with Gasteiger partial charge in [0.1, 0.15) is 0 Å². The molecule has 1 amide bonds. The van der Waals surface area contributed by atoms with Gasteiger partial charge in [0, 0.05) is 42.8 Å². The highest BCUT2D eigenvalue weighted by molar-refractivity contribution is 5.94. The van der Waals surface area contributed by atoms with E-state index in [-0.39, 0.29) is 5.91 Å². The molecule has 0 bridgehead atoms. The van der Waals surface area contributed by atoms with Crippen LogP contribution >= 0.6 is 0 Å². The number of rotatable bonds is 5. The molecule has 0 unspecified atom stereocenters. The van der Waals surface area contributed by atoms with Gasteiger partial charge in [-0.15, -0.1) is 0 Å². The van der Waals surface area contributed by atoms with E-state index in [1.807, 2.05) is 12.1 Å². The van der Waals surface area contributed by atoms with Gasteiger partial charge in [-0.05, 0) is 49.8 Å². The largest absolute Gasteiger partial charge is 0.381 e. The Morgan fingerprint density at radius 2 is 1.83 bits per heavy atom. The highest BCUT2D eigenvalue weighted by atomic mass is 16.5. The number of benzene rings is 1. The molecule has 4 rings (SSSR count). The lowest BCUT2D eigenvalue weighted by atomic mass is 10.0. The van der Waals surface area contributed by atoms with E-state index < -0.39 is 0 Å². The van der Waals surface area contributed by atoms with Gasteiger partial charge >= 0.3 is 0 Å². The molecule has 2 atom stereocenters. The van der Waals surface area contributed by atoms with Crippen molar-refractivity contribution in [1.82, 2.24) is 10.6 Å². The van der Waals surface area contributed by atoms with E-state index in [4.69, 9.17) is 4.74 Å². The van der Waals surface area contributed by atoms with E-state index in [0.717, 1.165) is 44.5 Å². The van der Waals surface area contributed by atoms with Crippen molar-refractivity contribution in [1.29, 1.82) is 0 Å². The van der Waals surface area contributed by atoms with Gasteiger partial charge in [0.15, 0.2) is 0 Å². The van der Waals surface area contributed by atoms with Gasteiger partial charge < -0.3 is 15.4 Å². The molecule has 2 N–H and O–H groups in total. The van der Waals surface area contributed by atoms with Crippen LogP contribution in [0.15, 0.2) is 24.3 Å². The first-order valence-electron chi connectivity index (χ1n) is 9.54. The van der Waals surface area contributed by atoms with Crippen LogP contribution in [0.25, 0.3) is 0 Å². The van der Waals surface area contributed by atoms with Gasteiger partial charge in [-0.3, -0.25) is 4.79 Å². The highest BCUT2D eigenvalue weighted by Gasteiger charge is 2.39. The van der Waals surface area contributed by atoms with Crippen LogP contribution < -0.4 is 10.6 Å². The second kappa shape index (κ2) is 7.24. The number of carbonyl (C=O) groups excluding carboxylic acids is 1. The Kier molecular flexibility index (Phi) is 4.86. The molecule has 1 heterocycles. The van der Waals surface area contributed by atoms with Crippen LogP contribution in [0.4, 0.5) is 0 Å². The topological polar surface area (TPSA) is 50.4 Å². The Labute approximate surface area is 144 Å². The molecule has 3 aliphatic rings. The first-order chi connectivity index (χ1) is 11.8. The molecule has 3 fully saturated rings. The second-order valence-corrected chi connectivity index (χ2v) is 7.58. The summed E-state index contributed by atoms with van der Waals surface area (Å²) < 4.78 is 5.43. The van der Waals surface area contributed by atoms with Crippen molar-refractivity contribution in [2.75, 3.05) is 13.2 Å². The normalized spacial score (nSPS) is 28.0. The Morgan fingerprint density at radius 1 is 1.04 bits per heavy atom. The zero-order valence-corrected chi connectivity index (χ0v) is 14.3. The fourth-order valence-electron chi connectivity index (χ4n) is 4.16. The number of ether oxygens (including phenoxy) is 1. The van der Waals surface area contributed by atoms with Gasteiger partial charge in [-0.1, -0.05) is 25.0 Å². The predicted molar refractivity (Wildman–Crippen MR) is 94.3 cm³/mol. The molecule has 4 nitrogen and oxygen atoms in total. The summed E-state index contributed by atoms with van der Waals surface area (Å²) in [6.45, 7) is 1.76. The SMILES string of the molecule is O=C(NC1CCCC1)c1cccc([C@@H]2C[C@H]2NC2CCOCC2)c1. The maximum atomic E-state index is 12.5. The summed E-state index contributed by atoms with van der Waals surface area (Å²) in [6, 6.07) is 9.79. The zero-order chi connectivity index (χ0) is 16.4. The van der Waals surface area contributed by atoms with Gasteiger partial charge in [-0.2, -0.15) is 0 Å². The molecular formula is C20H28N2O2. The van der Waals surface area contributed by atoms with Crippen LogP contribution in [0.1, 0.15) is 66.8 Å². The first-order valence-corrected chi connectivity index (χ1v) is 9.54. The molecule has 2 saturated carbocycles. The first kappa shape index (κ1) is 16.1. The lowest BCUT2D eigenvalue weighted by Gasteiger charge is -2.23. The molecule has 1 aliphatic heterocycles. The van der Waals surface area contributed by atoms with Crippen molar-refractivity contribution in [3.8, 4) is 0 Å². The lowest BCUT2D eigenvalue weighted by Crippen LogP contribution is -2.36. The lowest BCUT2D eigenvalue weighted by molar-refractivity contribution is 0.0774. The van der Waals surface area contributed by atoms with Crippen molar-refractivity contribution < 1.29 is 9.53 Å². The molecule has 1 saturated heterocycles. The fourth-order valence-corrected chi connectivity index (χ4v) is 4.16. The number of carbonyl (C=O) groups is 1. The fraction of sp³-hybridized carbons (Fsp3) is 0.650. The summed E-state index contributed by atoms with van der Waals surface area (Å²) >= 11 is 0. The maximum absolute atomic E-state index is 12.5. The average Bonchev–Trinajstić information content (AvgIpc) is 3.19. The minimum atomic E-state index is 0.0957. The molecule has 1 aromatic rings. The standard InChI is InChI=1S/C20H28N2O2/c23-20(22-16-6-1-2-7-16)15-5-3-4-14(12-15)18-13-19(18)21-17-8-10-24-11-9-17/h3-5,12,16-19,21H,1-2,6-11,13H2,(H,22,23)/t18-,19+/m0/s1. The third-order valence-electron chi connectivity index (χ3n) is 5.73. The van der Waals surface area contributed by atoms with Crippen molar-refractivity contribution in [3.05, 3.63) is 35.4 Å². The van der Waals surface area contributed by atoms with E-state index in [9.17, 15) is 4.79 Å². The quantitative estimate of drug-likeness (QED) is 0.874. The Bertz CT molecular complexity index is 577. The van der Waals surface area contributed by atoms with E-state index in [0.29, 0.717) is 24.0 Å². The van der Waals surface area contributed by atoms with Gasteiger partial charge in [0.25, 0.3) is 5.91 Å².